The Hall–Kier alpha value is -3.22. The van der Waals surface area contributed by atoms with Gasteiger partial charge in [0.1, 0.15) is 17.3 Å². The smallest absolute Gasteiger partial charge is 0.433 e. The van der Waals surface area contributed by atoms with E-state index in [4.69, 9.17) is 4.74 Å². The predicted octanol–water partition coefficient (Wildman–Crippen LogP) is 3.68. The van der Waals surface area contributed by atoms with Crippen molar-refractivity contribution in [3.8, 4) is 5.75 Å². The molecule has 1 amide bonds. The van der Waals surface area contributed by atoms with Gasteiger partial charge >= 0.3 is 6.18 Å². The number of methoxy groups -OCH3 is 1. The quantitative estimate of drug-likeness (QED) is 0.545. The summed E-state index contributed by atoms with van der Waals surface area (Å²) in [6.45, 7) is 0.891. The molecule has 0 aliphatic heterocycles. The largest absolute Gasteiger partial charge is 0.496 e. The lowest BCUT2D eigenvalue weighted by molar-refractivity contribution is -0.141. The van der Waals surface area contributed by atoms with Gasteiger partial charge in [0, 0.05) is 24.3 Å². The minimum Gasteiger partial charge on any atom is -0.496 e. The van der Waals surface area contributed by atoms with Crippen LogP contribution in [-0.2, 0) is 22.6 Å². The Morgan fingerprint density at radius 1 is 1.21 bits per heavy atom. The maximum atomic E-state index is 14.2. The first-order valence-electron chi connectivity index (χ1n) is 9.25. The molecule has 1 aromatic carbocycles. The highest BCUT2D eigenvalue weighted by atomic mass is 32.2. The minimum atomic E-state index is -4.83. The third-order valence-corrected chi connectivity index (χ3v) is 4.86. The van der Waals surface area contributed by atoms with E-state index in [-0.39, 0.29) is 16.9 Å². The Morgan fingerprint density at radius 3 is 2.45 bits per heavy atom. The number of nitrogens with zero attached hydrogens (tertiary/aromatic N) is 1. The highest BCUT2D eigenvalue weighted by molar-refractivity contribution is 7.93. The van der Waals surface area contributed by atoms with Crippen molar-refractivity contribution in [1.29, 1.82) is 0 Å². The number of rotatable bonds is 8. The molecule has 2 rings (SSSR count). The molecule has 0 aliphatic rings. The van der Waals surface area contributed by atoms with Gasteiger partial charge in [-0.05, 0) is 31.2 Å². The number of pyridine rings is 1. The number of aromatic nitrogens is 1. The van der Waals surface area contributed by atoms with Crippen LogP contribution in [0.3, 0.4) is 0 Å². The number of carbonyl (C=O) groups is 1. The number of ether oxygens (including phenoxy) is 1. The fraction of sp³-hybridized carbons (Fsp3) is 0.300. The van der Waals surface area contributed by atoms with Gasteiger partial charge in [0.25, 0.3) is 5.91 Å². The van der Waals surface area contributed by atoms with Gasteiger partial charge in [0.15, 0.2) is 21.5 Å². The number of benzene rings is 1. The van der Waals surface area contributed by atoms with Crippen LogP contribution in [0.25, 0.3) is 0 Å². The average molecular weight is 493 g/mol. The van der Waals surface area contributed by atoms with Gasteiger partial charge in [-0.25, -0.2) is 22.2 Å². The van der Waals surface area contributed by atoms with Crippen LogP contribution < -0.4 is 15.4 Å². The highest BCUT2D eigenvalue weighted by Crippen LogP contribution is 2.30. The SMILES string of the molecule is COc1ccc(F)c(F)c1CNc1nc(C(F)(F)F)ccc1C(=O)N[C@@H](C)/C=C/S(C)(=O)=O. The summed E-state index contributed by atoms with van der Waals surface area (Å²) in [4.78, 5) is 16.0. The van der Waals surface area contributed by atoms with Crippen LogP contribution in [0.1, 0.15) is 28.5 Å². The fourth-order valence-electron chi connectivity index (χ4n) is 2.63. The molecule has 180 valence electrons. The van der Waals surface area contributed by atoms with Crippen molar-refractivity contribution in [1.82, 2.24) is 10.3 Å². The van der Waals surface area contributed by atoms with E-state index in [0.717, 1.165) is 29.9 Å². The van der Waals surface area contributed by atoms with Crippen molar-refractivity contribution in [2.24, 2.45) is 0 Å². The molecule has 0 fully saturated rings. The summed E-state index contributed by atoms with van der Waals surface area (Å²) < 4.78 is 94.6. The molecule has 0 spiro atoms. The summed E-state index contributed by atoms with van der Waals surface area (Å²) >= 11 is 0. The molecule has 0 unspecified atom stereocenters. The second-order valence-corrected chi connectivity index (χ2v) is 8.84. The van der Waals surface area contributed by atoms with E-state index in [9.17, 15) is 35.2 Å². The molecule has 0 radical (unpaired) electrons. The number of alkyl halides is 3. The number of sulfone groups is 1. The number of amides is 1. The van der Waals surface area contributed by atoms with Gasteiger partial charge in [-0.15, -0.1) is 0 Å². The topological polar surface area (TPSA) is 97.4 Å². The molecular formula is C20H20F5N3O4S. The molecule has 7 nitrogen and oxygen atoms in total. The molecule has 33 heavy (non-hydrogen) atoms. The molecule has 1 heterocycles. The second-order valence-electron chi connectivity index (χ2n) is 6.91. The predicted molar refractivity (Wildman–Crippen MR) is 110 cm³/mol. The first-order chi connectivity index (χ1) is 15.2. The Kier molecular flexibility index (Phi) is 8.01. The van der Waals surface area contributed by atoms with Crippen molar-refractivity contribution >= 4 is 21.6 Å². The zero-order valence-electron chi connectivity index (χ0n) is 17.6. The van der Waals surface area contributed by atoms with Crippen molar-refractivity contribution in [3.63, 3.8) is 0 Å². The van der Waals surface area contributed by atoms with E-state index >= 15 is 0 Å². The summed E-state index contributed by atoms with van der Waals surface area (Å²) in [7, 11) is -2.27. The van der Waals surface area contributed by atoms with Gasteiger partial charge in [-0.2, -0.15) is 13.2 Å². The van der Waals surface area contributed by atoms with Crippen LogP contribution in [0.15, 0.2) is 35.7 Å². The van der Waals surface area contributed by atoms with Gasteiger partial charge in [-0.1, -0.05) is 6.08 Å². The van der Waals surface area contributed by atoms with Crippen molar-refractivity contribution in [2.45, 2.75) is 25.7 Å². The molecule has 1 atom stereocenters. The zero-order chi connectivity index (χ0) is 25.0. The van der Waals surface area contributed by atoms with Crippen LogP contribution >= 0.6 is 0 Å². The first-order valence-corrected chi connectivity index (χ1v) is 11.2. The van der Waals surface area contributed by atoms with Crippen molar-refractivity contribution in [3.05, 3.63) is 64.2 Å². The molecule has 1 aromatic heterocycles. The maximum absolute atomic E-state index is 14.2. The van der Waals surface area contributed by atoms with Crippen molar-refractivity contribution < 1.29 is 39.9 Å². The fourth-order valence-corrected chi connectivity index (χ4v) is 3.15. The van der Waals surface area contributed by atoms with Crippen LogP contribution in [-0.4, -0.2) is 38.7 Å². The highest BCUT2D eigenvalue weighted by Gasteiger charge is 2.33. The third-order valence-electron chi connectivity index (χ3n) is 4.21. The van der Waals surface area contributed by atoms with E-state index < -0.39 is 57.7 Å². The van der Waals surface area contributed by atoms with Gasteiger partial charge in [0.2, 0.25) is 0 Å². The molecule has 0 aliphatic carbocycles. The maximum Gasteiger partial charge on any atom is 0.433 e. The molecule has 0 saturated heterocycles. The lowest BCUT2D eigenvalue weighted by atomic mass is 10.1. The Balaban J connectivity index is 2.39. The summed E-state index contributed by atoms with van der Waals surface area (Å²) in [5.74, 6) is -3.98. The van der Waals surface area contributed by atoms with Crippen molar-refractivity contribution in [2.75, 3.05) is 18.7 Å². The van der Waals surface area contributed by atoms with E-state index in [1.807, 2.05) is 0 Å². The van der Waals surface area contributed by atoms with E-state index in [0.29, 0.717) is 6.07 Å². The van der Waals surface area contributed by atoms with E-state index in [2.05, 4.69) is 15.6 Å². The Labute approximate surface area is 186 Å². The summed E-state index contributed by atoms with van der Waals surface area (Å²) in [5, 5.41) is 5.68. The van der Waals surface area contributed by atoms with Gasteiger partial charge in [0.05, 0.1) is 18.2 Å². The Morgan fingerprint density at radius 2 is 1.88 bits per heavy atom. The standard InChI is InChI=1S/C20H20F5N3O4S/c1-11(8-9-33(3,30)31)27-19(29)12-4-7-16(20(23,24)25)28-18(12)26-10-13-15(32-2)6-5-14(21)17(13)22/h4-9,11H,10H2,1-3H3,(H,26,28)(H,27,29)/b9-8+/t11-/m0/s1. The lowest BCUT2D eigenvalue weighted by Crippen LogP contribution is -2.32. The van der Waals surface area contributed by atoms with Gasteiger partial charge < -0.3 is 15.4 Å². The number of halogens is 5. The minimum absolute atomic E-state index is 0.0705. The summed E-state index contributed by atoms with van der Waals surface area (Å²) in [6, 6.07) is 2.60. The number of carbonyl (C=O) groups excluding carboxylic acids is 1. The second kappa shape index (κ2) is 10.1. The molecule has 13 heteroatoms. The van der Waals surface area contributed by atoms with Crippen LogP contribution in [0.5, 0.6) is 5.75 Å². The number of nitrogens with one attached hydrogen (secondary N) is 2. The normalized spacial score (nSPS) is 13.1. The summed E-state index contributed by atoms with van der Waals surface area (Å²) in [6.07, 6.45) is -2.72. The molecular weight excluding hydrogens is 473 g/mol. The zero-order valence-corrected chi connectivity index (χ0v) is 18.4. The van der Waals surface area contributed by atoms with E-state index in [1.54, 1.807) is 0 Å². The third kappa shape index (κ3) is 7.14. The average Bonchev–Trinajstić information content (AvgIpc) is 2.72. The molecule has 0 saturated carbocycles. The summed E-state index contributed by atoms with van der Waals surface area (Å²) in [5.41, 5.74) is -1.98. The van der Waals surface area contributed by atoms with Crippen LogP contribution in [0.4, 0.5) is 27.8 Å². The lowest BCUT2D eigenvalue weighted by Gasteiger charge is -2.17. The number of anilines is 1. The monoisotopic (exact) mass is 493 g/mol. The van der Waals surface area contributed by atoms with E-state index in [1.165, 1.54) is 20.1 Å². The van der Waals surface area contributed by atoms with Crippen LogP contribution in [0, 0.1) is 11.6 Å². The van der Waals surface area contributed by atoms with Gasteiger partial charge in [-0.3, -0.25) is 4.79 Å². The molecule has 2 N–H and O–H groups in total. The Bertz CT molecular complexity index is 1170. The first kappa shape index (κ1) is 26.0. The van der Waals surface area contributed by atoms with Crippen LogP contribution in [0.2, 0.25) is 0 Å². The molecule has 0 bridgehead atoms. The number of hydrogen-bond donors (Lipinski definition) is 2. The number of hydrogen-bond acceptors (Lipinski definition) is 6. The molecule has 2 aromatic rings.